The molecule has 1 heterocycles. The molecule has 0 bridgehead atoms. The highest BCUT2D eigenvalue weighted by Gasteiger charge is 2.34. The van der Waals surface area contributed by atoms with Crippen LogP contribution >= 0.6 is 0 Å². The quantitative estimate of drug-likeness (QED) is 0.877. The average molecular weight is 317 g/mol. The normalized spacial score (nSPS) is 26.5. The Hall–Kier alpha value is -1.39. The van der Waals surface area contributed by atoms with E-state index in [0.29, 0.717) is 17.4 Å². The summed E-state index contributed by atoms with van der Waals surface area (Å²) in [4.78, 5) is 13.7. The molecule has 1 saturated heterocycles. The zero-order valence-corrected chi connectivity index (χ0v) is 13.7. The maximum atomic E-state index is 11.3. The van der Waals surface area contributed by atoms with Crippen molar-refractivity contribution < 1.29 is 15.0 Å². The Morgan fingerprint density at radius 2 is 1.91 bits per heavy atom. The van der Waals surface area contributed by atoms with E-state index in [-0.39, 0.29) is 6.10 Å². The van der Waals surface area contributed by atoms with Crippen molar-refractivity contribution in [3.63, 3.8) is 0 Å². The van der Waals surface area contributed by atoms with E-state index in [9.17, 15) is 15.0 Å². The number of piperidine rings is 1. The Morgan fingerprint density at radius 1 is 1.17 bits per heavy atom. The second kappa shape index (κ2) is 7.45. The highest BCUT2D eigenvalue weighted by atomic mass is 16.4. The Bertz CT molecular complexity index is 539. The molecule has 23 heavy (non-hydrogen) atoms. The van der Waals surface area contributed by atoms with E-state index in [1.807, 2.05) is 12.1 Å². The van der Waals surface area contributed by atoms with Gasteiger partial charge in [-0.25, -0.2) is 4.79 Å². The molecule has 3 rings (SSSR count). The molecule has 1 saturated carbocycles. The van der Waals surface area contributed by atoms with Crippen LogP contribution in [0.4, 0.5) is 0 Å². The number of benzene rings is 1. The summed E-state index contributed by atoms with van der Waals surface area (Å²) < 4.78 is 0. The number of carbonyl (C=O) groups is 1. The lowest BCUT2D eigenvalue weighted by molar-refractivity contribution is 0.000396. The van der Waals surface area contributed by atoms with Gasteiger partial charge in [0.25, 0.3) is 0 Å². The van der Waals surface area contributed by atoms with Crippen LogP contribution in [0, 0.1) is 11.8 Å². The smallest absolute Gasteiger partial charge is 0.335 e. The Balaban J connectivity index is 1.59. The van der Waals surface area contributed by atoms with E-state index in [1.54, 1.807) is 12.1 Å². The molecule has 4 nitrogen and oxygen atoms in total. The van der Waals surface area contributed by atoms with Crippen molar-refractivity contribution in [3.8, 4) is 0 Å². The van der Waals surface area contributed by atoms with E-state index in [0.717, 1.165) is 38.0 Å². The molecule has 0 radical (unpaired) electrons. The van der Waals surface area contributed by atoms with Gasteiger partial charge in [0.2, 0.25) is 0 Å². The van der Waals surface area contributed by atoms with E-state index in [1.165, 1.54) is 25.7 Å². The van der Waals surface area contributed by atoms with Gasteiger partial charge in [0.05, 0.1) is 11.7 Å². The van der Waals surface area contributed by atoms with Crippen molar-refractivity contribution >= 4 is 5.97 Å². The number of hydrogen-bond donors (Lipinski definition) is 2. The first-order chi connectivity index (χ1) is 11.1. The summed E-state index contributed by atoms with van der Waals surface area (Å²) in [7, 11) is 0. The second-order valence-corrected chi connectivity index (χ2v) is 7.08. The fraction of sp³-hybridized carbons (Fsp3) is 0.632. The minimum absolute atomic E-state index is 0.152. The van der Waals surface area contributed by atoms with Crippen LogP contribution in [-0.4, -0.2) is 46.8 Å². The summed E-state index contributed by atoms with van der Waals surface area (Å²) in [6.07, 6.45) is 6.59. The molecule has 2 fully saturated rings. The van der Waals surface area contributed by atoms with Crippen LogP contribution < -0.4 is 0 Å². The predicted octanol–water partition coefficient (Wildman–Crippen LogP) is 2.80. The highest BCUT2D eigenvalue weighted by Crippen LogP contribution is 2.36. The minimum atomic E-state index is -0.849. The standard InChI is InChI=1S/C19H27NO3/c21-18-10-12-20(13-17(18)14-5-1-2-6-14)11-9-15-7-3-4-8-16(15)19(22)23/h3-4,7-8,14,17-18,21H,1-2,5-6,9-13H2,(H,22,23)/t17-,18+/m0/s1. The van der Waals surface area contributed by atoms with Crippen LogP contribution in [-0.2, 0) is 6.42 Å². The lowest BCUT2D eigenvalue weighted by atomic mass is 9.82. The molecule has 126 valence electrons. The molecule has 1 aliphatic carbocycles. The molecule has 1 aromatic carbocycles. The highest BCUT2D eigenvalue weighted by molar-refractivity contribution is 5.89. The fourth-order valence-electron chi connectivity index (χ4n) is 4.32. The van der Waals surface area contributed by atoms with Crippen LogP contribution in [0.25, 0.3) is 0 Å². The van der Waals surface area contributed by atoms with Crippen LogP contribution in [0.2, 0.25) is 0 Å². The molecule has 0 spiro atoms. The summed E-state index contributed by atoms with van der Waals surface area (Å²) in [6.45, 7) is 2.75. The lowest BCUT2D eigenvalue weighted by Gasteiger charge is -2.39. The first kappa shape index (κ1) is 16.5. The minimum Gasteiger partial charge on any atom is -0.478 e. The molecule has 2 aliphatic rings. The van der Waals surface area contributed by atoms with Gasteiger partial charge in [0.15, 0.2) is 0 Å². The molecule has 1 aromatic rings. The van der Waals surface area contributed by atoms with Crippen LogP contribution in [0.15, 0.2) is 24.3 Å². The second-order valence-electron chi connectivity index (χ2n) is 7.08. The zero-order chi connectivity index (χ0) is 16.2. The predicted molar refractivity (Wildman–Crippen MR) is 89.6 cm³/mol. The molecule has 2 N–H and O–H groups in total. The Morgan fingerprint density at radius 3 is 2.65 bits per heavy atom. The average Bonchev–Trinajstić information content (AvgIpc) is 3.08. The van der Waals surface area contributed by atoms with Crippen molar-refractivity contribution in [2.75, 3.05) is 19.6 Å². The number of likely N-dealkylation sites (tertiary alicyclic amines) is 1. The summed E-state index contributed by atoms with van der Waals surface area (Å²) in [6, 6.07) is 7.28. The SMILES string of the molecule is O=C(O)c1ccccc1CCN1CC[C@@H](O)[C@H](C2CCCC2)C1. The molecular formula is C19H27NO3. The Kier molecular flexibility index (Phi) is 5.34. The van der Waals surface area contributed by atoms with Gasteiger partial charge in [-0.2, -0.15) is 0 Å². The largest absolute Gasteiger partial charge is 0.478 e. The molecule has 0 amide bonds. The molecule has 0 unspecified atom stereocenters. The zero-order valence-electron chi connectivity index (χ0n) is 13.7. The van der Waals surface area contributed by atoms with Gasteiger partial charge in [0.1, 0.15) is 0 Å². The van der Waals surface area contributed by atoms with Gasteiger partial charge >= 0.3 is 5.97 Å². The number of hydrogen-bond acceptors (Lipinski definition) is 3. The summed E-state index contributed by atoms with van der Waals surface area (Å²) >= 11 is 0. The van der Waals surface area contributed by atoms with Crippen molar-refractivity contribution in [2.45, 2.75) is 44.6 Å². The van der Waals surface area contributed by atoms with Crippen molar-refractivity contribution in [1.82, 2.24) is 4.90 Å². The maximum absolute atomic E-state index is 11.3. The van der Waals surface area contributed by atoms with E-state index in [2.05, 4.69) is 4.90 Å². The van der Waals surface area contributed by atoms with Gasteiger partial charge < -0.3 is 15.1 Å². The monoisotopic (exact) mass is 317 g/mol. The third-order valence-corrected chi connectivity index (χ3v) is 5.65. The molecular weight excluding hydrogens is 290 g/mol. The van der Waals surface area contributed by atoms with Gasteiger partial charge in [-0.05, 0) is 30.4 Å². The maximum Gasteiger partial charge on any atom is 0.335 e. The molecule has 4 heteroatoms. The lowest BCUT2D eigenvalue weighted by Crippen LogP contribution is -2.46. The van der Waals surface area contributed by atoms with E-state index >= 15 is 0 Å². The Labute approximate surface area is 138 Å². The van der Waals surface area contributed by atoms with Crippen LogP contribution in [0.5, 0.6) is 0 Å². The van der Waals surface area contributed by atoms with Gasteiger partial charge in [0, 0.05) is 25.6 Å². The number of aromatic carboxylic acids is 1. The number of aliphatic hydroxyl groups excluding tert-OH is 1. The third-order valence-electron chi connectivity index (χ3n) is 5.65. The first-order valence-corrected chi connectivity index (χ1v) is 8.87. The van der Waals surface area contributed by atoms with Gasteiger partial charge in [-0.3, -0.25) is 0 Å². The molecule has 0 aromatic heterocycles. The van der Waals surface area contributed by atoms with Gasteiger partial charge in [-0.1, -0.05) is 43.9 Å². The van der Waals surface area contributed by atoms with Crippen LogP contribution in [0.1, 0.15) is 48.0 Å². The molecule has 1 aliphatic heterocycles. The number of nitrogens with zero attached hydrogens (tertiary/aromatic N) is 1. The number of carboxylic acid groups (broad SMARTS) is 1. The van der Waals surface area contributed by atoms with Gasteiger partial charge in [-0.15, -0.1) is 0 Å². The summed E-state index contributed by atoms with van der Waals surface area (Å²) in [5.74, 6) is 0.235. The topological polar surface area (TPSA) is 60.8 Å². The summed E-state index contributed by atoms with van der Waals surface area (Å²) in [5, 5.41) is 19.6. The van der Waals surface area contributed by atoms with Crippen molar-refractivity contribution in [3.05, 3.63) is 35.4 Å². The van der Waals surface area contributed by atoms with E-state index < -0.39 is 5.97 Å². The van der Waals surface area contributed by atoms with Crippen LogP contribution in [0.3, 0.4) is 0 Å². The number of rotatable bonds is 5. The van der Waals surface area contributed by atoms with E-state index in [4.69, 9.17) is 0 Å². The fourth-order valence-corrected chi connectivity index (χ4v) is 4.32. The number of carboxylic acids is 1. The first-order valence-electron chi connectivity index (χ1n) is 8.87. The van der Waals surface area contributed by atoms with Crippen molar-refractivity contribution in [1.29, 1.82) is 0 Å². The summed E-state index contributed by atoms with van der Waals surface area (Å²) in [5.41, 5.74) is 1.32. The number of aliphatic hydroxyl groups is 1. The third kappa shape index (κ3) is 3.93. The van der Waals surface area contributed by atoms with Crippen molar-refractivity contribution in [2.24, 2.45) is 11.8 Å². The molecule has 2 atom stereocenters.